The molecule has 41 heavy (non-hydrogen) atoms. The van der Waals surface area contributed by atoms with E-state index in [-0.39, 0.29) is 30.8 Å². The zero-order valence-electron chi connectivity index (χ0n) is 25.8. The first-order chi connectivity index (χ1) is 18.8. The number of likely N-dealkylation sites (tertiary alicyclic amines) is 1. The number of halogens is 2. The van der Waals surface area contributed by atoms with Crippen LogP contribution < -0.4 is 9.47 Å². The Morgan fingerprint density at radius 1 is 1.10 bits per heavy atom. The Kier molecular flexibility index (Phi) is 14.5. The SMILES string of the molecule is C#CCN1CCC2=C(C1)c1c(OC(=O)CCN3CCCCC3)cc(CCC(C)CCCCC)cc1OC2(C)C.Cl.Cl. The molecule has 0 bridgehead atoms. The highest BCUT2D eigenvalue weighted by atomic mass is 35.5. The number of unbranched alkanes of at least 4 members (excludes halogenated alkanes) is 2. The van der Waals surface area contributed by atoms with Crippen LogP contribution in [0.5, 0.6) is 11.5 Å². The number of carbonyl (C=O) groups is 1. The largest absolute Gasteiger partial charge is 0.483 e. The standard InChI is InChI=1S/C34H50N2O3.2ClH/c1-6-8-10-13-26(3)14-15-27-23-30(38-32(37)17-22-35-19-11-9-12-20-35)33-28-25-36(18-7-2)21-16-29(28)34(4,5)39-31(33)24-27;;/h2,23-24,26H,6,8-22,25H2,1,3-5H3;2*1H. The first-order valence-electron chi connectivity index (χ1n) is 15.5. The van der Waals surface area contributed by atoms with Gasteiger partial charge in [0.05, 0.1) is 18.5 Å². The van der Waals surface area contributed by atoms with Crippen molar-refractivity contribution in [3.63, 3.8) is 0 Å². The van der Waals surface area contributed by atoms with Crippen molar-refractivity contribution in [3.05, 3.63) is 28.8 Å². The first-order valence-corrected chi connectivity index (χ1v) is 15.5. The molecule has 1 unspecified atom stereocenters. The molecule has 4 rings (SSSR count). The van der Waals surface area contributed by atoms with Crippen LogP contribution in [0.3, 0.4) is 0 Å². The molecular weight excluding hydrogens is 555 g/mol. The first kappa shape index (κ1) is 35.5. The second kappa shape index (κ2) is 16.8. The molecule has 1 atom stereocenters. The molecule has 3 aliphatic rings. The van der Waals surface area contributed by atoms with E-state index in [9.17, 15) is 4.79 Å². The second-order valence-electron chi connectivity index (χ2n) is 12.5. The average molecular weight is 608 g/mol. The topological polar surface area (TPSA) is 42.0 Å². The minimum absolute atomic E-state index is 0. The van der Waals surface area contributed by atoms with Crippen molar-refractivity contribution in [2.45, 2.75) is 104 Å². The molecule has 5 nitrogen and oxygen atoms in total. The average Bonchev–Trinajstić information content (AvgIpc) is 2.91. The lowest BCUT2D eigenvalue weighted by molar-refractivity contribution is -0.134. The Hall–Kier alpha value is -1.71. The molecular formula is C34H52Cl2N2O3. The van der Waals surface area contributed by atoms with Crippen molar-refractivity contribution in [3.8, 4) is 23.8 Å². The zero-order valence-corrected chi connectivity index (χ0v) is 27.4. The maximum absolute atomic E-state index is 13.2. The number of carbonyl (C=O) groups excluding carboxylic acids is 1. The van der Waals surface area contributed by atoms with E-state index >= 15 is 0 Å². The van der Waals surface area contributed by atoms with Crippen molar-refractivity contribution in [1.82, 2.24) is 9.80 Å². The Bertz CT molecular complexity index is 1070. The highest BCUT2D eigenvalue weighted by Gasteiger charge is 2.39. The maximum atomic E-state index is 13.2. The molecule has 230 valence electrons. The van der Waals surface area contributed by atoms with Crippen LogP contribution in [0.1, 0.15) is 103 Å². The van der Waals surface area contributed by atoms with Gasteiger partial charge in [-0.05, 0) is 93.8 Å². The number of esters is 1. The van der Waals surface area contributed by atoms with Crippen LogP contribution in [0.15, 0.2) is 17.7 Å². The maximum Gasteiger partial charge on any atom is 0.312 e. The van der Waals surface area contributed by atoms with E-state index in [2.05, 4.69) is 55.5 Å². The monoisotopic (exact) mass is 606 g/mol. The van der Waals surface area contributed by atoms with Gasteiger partial charge in [0.2, 0.25) is 0 Å². The third kappa shape index (κ3) is 9.65. The summed E-state index contributed by atoms with van der Waals surface area (Å²) in [6.07, 6.45) is 17.9. The van der Waals surface area contributed by atoms with E-state index < -0.39 is 5.60 Å². The highest BCUT2D eigenvalue weighted by molar-refractivity contribution is 5.86. The third-order valence-corrected chi connectivity index (χ3v) is 8.79. The molecule has 0 N–H and O–H groups in total. The van der Waals surface area contributed by atoms with Gasteiger partial charge in [-0.15, -0.1) is 31.2 Å². The summed E-state index contributed by atoms with van der Waals surface area (Å²) in [5.74, 6) is 4.83. The molecule has 7 heteroatoms. The number of rotatable bonds is 12. The summed E-state index contributed by atoms with van der Waals surface area (Å²) in [5, 5.41) is 0. The lowest BCUT2D eigenvalue weighted by Gasteiger charge is -2.42. The van der Waals surface area contributed by atoms with Gasteiger partial charge < -0.3 is 14.4 Å². The van der Waals surface area contributed by atoms with Crippen molar-refractivity contribution in [2.75, 3.05) is 39.3 Å². The van der Waals surface area contributed by atoms with Gasteiger partial charge in [0.1, 0.15) is 17.1 Å². The van der Waals surface area contributed by atoms with Gasteiger partial charge in [0.15, 0.2) is 0 Å². The van der Waals surface area contributed by atoms with Crippen LogP contribution in [-0.2, 0) is 11.2 Å². The van der Waals surface area contributed by atoms with Gasteiger partial charge in [-0.2, -0.15) is 0 Å². The Labute approximate surface area is 261 Å². The van der Waals surface area contributed by atoms with Crippen molar-refractivity contribution in [1.29, 1.82) is 0 Å². The molecule has 1 aromatic rings. The van der Waals surface area contributed by atoms with Crippen LogP contribution in [-0.4, -0.2) is 60.6 Å². The van der Waals surface area contributed by atoms with Crippen molar-refractivity contribution >= 4 is 36.4 Å². The number of hydrogen-bond acceptors (Lipinski definition) is 5. The van der Waals surface area contributed by atoms with E-state index in [1.165, 1.54) is 61.7 Å². The summed E-state index contributed by atoms with van der Waals surface area (Å²) in [6.45, 7) is 14.2. The fourth-order valence-corrected chi connectivity index (χ4v) is 6.47. The van der Waals surface area contributed by atoms with Crippen LogP contribution in [0.2, 0.25) is 0 Å². The molecule has 0 radical (unpaired) electrons. The number of nitrogens with zero attached hydrogens (tertiary/aromatic N) is 2. The highest BCUT2D eigenvalue weighted by Crippen LogP contribution is 2.48. The van der Waals surface area contributed by atoms with Gasteiger partial charge >= 0.3 is 5.97 Å². The smallest absolute Gasteiger partial charge is 0.312 e. The summed E-state index contributed by atoms with van der Waals surface area (Å²) >= 11 is 0. The molecule has 3 heterocycles. The fourth-order valence-electron chi connectivity index (χ4n) is 6.47. The van der Waals surface area contributed by atoms with Gasteiger partial charge in [-0.1, -0.05) is 51.9 Å². The van der Waals surface area contributed by atoms with Gasteiger partial charge in [0, 0.05) is 19.6 Å². The van der Waals surface area contributed by atoms with Crippen LogP contribution in [0.25, 0.3) is 5.57 Å². The minimum Gasteiger partial charge on any atom is -0.483 e. The summed E-state index contributed by atoms with van der Waals surface area (Å²) in [5.41, 5.74) is 4.27. The normalized spacial score (nSPS) is 19.0. The predicted molar refractivity (Wildman–Crippen MR) is 175 cm³/mol. The van der Waals surface area contributed by atoms with Crippen LogP contribution >= 0.6 is 24.8 Å². The van der Waals surface area contributed by atoms with Crippen molar-refractivity contribution in [2.24, 2.45) is 5.92 Å². The van der Waals surface area contributed by atoms with Gasteiger partial charge in [-0.25, -0.2) is 0 Å². The van der Waals surface area contributed by atoms with Gasteiger partial charge in [0.25, 0.3) is 0 Å². The van der Waals surface area contributed by atoms with Crippen LogP contribution in [0, 0.1) is 18.3 Å². The minimum atomic E-state index is -0.397. The van der Waals surface area contributed by atoms with E-state index in [0.717, 1.165) is 63.3 Å². The Morgan fingerprint density at radius 3 is 2.56 bits per heavy atom. The molecule has 0 aliphatic carbocycles. The van der Waals surface area contributed by atoms with Gasteiger partial charge in [-0.3, -0.25) is 9.69 Å². The summed E-state index contributed by atoms with van der Waals surface area (Å²) in [7, 11) is 0. The summed E-state index contributed by atoms with van der Waals surface area (Å²) < 4.78 is 12.9. The molecule has 1 aromatic carbocycles. The quantitative estimate of drug-likeness (QED) is 0.105. The lowest BCUT2D eigenvalue weighted by atomic mass is 9.81. The number of terminal acetylenes is 1. The molecule has 0 aromatic heterocycles. The third-order valence-electron chi connectivity index (χ3n) is 8.79. The number of benzene rings is 1. The molecule has 1 fully saturated rings. The van der Waals surface area contributed by atoms with E-state index in [1.807, 2.05) is 0 Å². The number of ether oxygens (including phenoxy) is 2. The number of aryl methyl sites for hydroxylation is 1. The van der Waals surface area contributed by atoms with E-state index in [0.29, 0.717) is 24.6 Å². The van der Waals surface area contributed by atoms with Crippen molar-refractivity contribution < 1.29 is 14.3 Å². The molecule has 1 saturated heterocycles. The molecule has 0 amide bonds. The fraction of sp³-hybridized carbons (Fsp3) is 0.676. The van der Waals surface area contributed by atoms with Crippen LogP contribution in [0.4, 0.5) is 0 Å². The zero-order chi connectivity index (χ0) is 27.8. The number of piperidine rings is 1. The lowest BCUT2D eigenvalue weighted by Crippen LogP contribution is -2.42. The number of fused-ring (bicyclic) bond motifs is 2. The molecule has 0 saturated carbocycles. The summed E-state index contributed by atoms with van der Waals surface area (Å²) in [4.78, 5) is 17.9. The summed E-state index contributed by atoms with van der Waals surface area (Å²) in [6, 6.07) is 4.31. The second-order valence-corrected chi connectivity index (χ2v) is 12.5. The van der Waals surface area contributed by atoms with E-state index in [1.54, 1.807) is 0 Å². The Morgan fingerprint density at radius 2 is 1.85 bits per heavy atom. The predicted octanol–water partition coefficient (Wildman–Crippen LogP) is 7.72. The Balaban J connectivity index is 0.00000294. The molecule has 3 aliphatic heterocycles. The van der Waals surface area contributed by atoms with E-state index in [4.69, 9.17) is 15.9 Å². The number of hydrogen-bond donors (Lipinski definition) is 0. The molecule has 0 spiro atoms.